The molecular weight excluding hydrogens is 841 g/mol. The molecule has 0 bridgehead atoms. The topological polar surface area (TPSA) is 25.8 Å². The van der Waals surface area contributed by atoms with Crippen molar-refractivity contribution < 1.29 is 0 Å². The van der Waals surface area contributed by atoms with Gasteiger partial charge in [-0.3, -0.25) is 0 Å². The molecule has 2 heterocycles. The minimum absolute atomic E-state index is 0.506. The monoisotopic (exact) mass is 882 g/mol. The second kappa shape index (κ2) is 16.4. The first-order valence-corrected chi connectivity index (χ1v) is 24.0. The molecule has 318 valence electrons. The molecule has 0 atom stereocenters. The molecule has 0 N–H and O–H groups in total. The summed E-state index contributed by atoms with van der Waals surface area (Å²) < 4.78 is 2.59. The number of rotatable bonds is 8. The third-order valence-electron chi connectivity index (χ3n) is 13.8. The van der Waals surface area contributed by atoms with Crippen LogP contribution in [0.15, 0.2) is 255 Å². The lowest BCUT2D eigenvalue weighted by Crippen LogP contribution is -2.28. The average molecular weight is 883 g/mol. The Bertz CT molecular complexity index is 3800. The van der Waals surface area contributed by atoms with E-state index in [4.69, 9.17) is 9.97 Å². The van der Waals surface area contributed by atoms with Gasteiger partial charge in [-0.25, -0.2) is 9.97 Å². The Morgan fingerprint density at radius 1 is 0.294 bits per heavy atom. The lowest BCUT2D eigenvalue weighted by Gasteiger charge is -2.34. The molecule has 1 aliphatic rings. The van der Waals surface area contributed by atoms with Crippen LogP contribution >= 0.6 is 11.3 Å². The van der Waals surface area contributed by atoms with Crippen LogP contribution in [-0.2, 0) is 5.41 Å². The second-order valence-electron chi connectivity index (χ2n) is 17.6. The van der Waals surface area contributed by atoms with Gasteiger partial charge < -0.3 is 0 Å². The quantitative estimate of drug-likeness (QED) is 0.152. The lowest BCUT2D eigenvalue weighted by atomic mass is 9.67. The molecule has 3 heteroatoms. The average Bonchev–Trinajstić information content (AvgIpc) is 3.95. The van der Waals surface area contributed by atoms with Gasteiger partial charge in [0.2, 0.25) is 0 Å². The van der Waals surface area contributed by atoms with Gasteiger partial charge in [0, 0.05) is 36.9 Å². The van der Waals surface area contributed by atoms with Crippen molar-refractivity contribution in [3.8, 4) is 78.4 Å². The molecule has 0 unspecified atom stereocenters. The highest BCUT2D eigenvalue weighted by molar-refractivity contribution is 7.26. The standard InChI is InChI=1S/C65H42N2S/c1-5-19-43(20-6-1)48-38-49(45-35-36-55-54-29-13-15-33-58(54)65(59(55)41-45,51-25-9-3-10-26-51)52-27-11-4-12-28-52)40-50(39-48)61-42-60(66-64(67-61)44-21-7-2-8-22-44)47-24-17-23-46(37-47)53-31-18-32-57-56-30-14-16-34-62(56)68-63(53)57/h1-42H. The van der Waals surface area contributed by atoms with Crippen LogP contribution < -0.4 is 0 Å². The first-order valence-electron chi connectivity index (χ1n) is 23.2. The summed E-state index contributed by atoms with van der Waals surface area (Å²) in [6, 6.07) is 92.5. The number of benzene rings is 10. The third-order valence-corrected chi connectivity index (χ3v) is 15.0. The van der Waals surface area contributed by atoms with E-state index in [9.17, 15) is 0 Å². The van der Waals surface area contributed by atoms with Crippen molar-refractivity contribution in [2.24, 2.45) is 0 Å². The van der Waals surface area contributed by atoms with Crippen LogP contribution in [0.5, 0.6) is 0 Å². The minimum atomic E-state index is -0.506. The van der Waals surface area contributed by atoms with Gasteiger partial charge in [-0.05, 0) is 109 Å². The van der Waals surface area contributed by atoms with Gasteiger partial charge in [0.05, 0.1) is 16.8 Å². The summed E-state index contributed by atoms with van der Waals surface area (Å²) in [4.78, 5) is 10.7. The van der Waals surface area contributed by atoms with Gasteiger partial charge in [-0.15, -0.1) is 11.3 Å². The van der Waals surface area contributed by atoms with Crippen molar-refractivity contribution in [1.82, 2.24) is 9.97 Å². The fourth-order valence-corrected chi connectivity index (χ4v) is 11.9. The molecule has 2 aromatic heterocycles. The number of hydrogen-bond acceptors (Lipinski definition) is 3. The van der Waals surface area contributed by atoms with Crippen molar-refractivity contribution in [2.45, 2.75) is 5.41 Å². The van der Waals surface area contributed by atoms with Gasteiger partial charge in [-0.2, -0.15) is 0 Å². The van der Waals surface area contributed by atoms with Crippen molar-refractivity contribution in [3.05, 3.63) is 277 Å². The Hall–Kier alpha value is -8.50. The van der Waals surface area contributed by atoms with Gasteiger partial charge >= 0.3 is 0 Å². The number of nitrogens with zero attached hydrogens (tertiary/aromatic N) is 2. The third kappa shape index (κ3) is 6.62. The molecule has 12 aromatic rings. The van der Waals surface area contributed by atoms with E-state index in [1.165, 1.54) is 59.1 Å². The second-order valence-corrected chi connectivity index (χ2v) is 18.7. The zero-order valence-electron chi connectivity index (χ0n) is 37.1. The Kier molecular flexibility index (Phi) is 9.62. The summed E-state index contributed by atoms with van der Waals surface area (Å²) >= 11 is 1.86. The van der Waals surface area contributed by atoms with E-state index in [-0.39, 0.29) is 0 Å². The van der Waals surface area contributed by atoms with Crippen molar-refractivity contribution in [2.75, 3.05) is 0 Å². The summed E-state index contributed by atoms with van der Waals surface area (Å²) in [6.45, 7) is 0. The van der Waals surface area contributed by atoms with E-state index in [1.54, 1.807) is 0 Å². The Morgan fingerprint density at radius 2 is 0.809 bits per heavy atom. The van der Waals surface area contributed by atoms with E-state index < -0.39 is 5.41 Å². The molecule has 0 saturated carbocycles. The predicted molar refractivity (Wildman–Crippen MR) is 285 cm³/mol. The predicted octanol–water partition coefficient (Wildman–Crippen LogP) is 17.2. The normalized spacial score (nSPS) is 12.5. The van der Waals surface area contributed by atoms with Crippen molar-refractivity contribution in [3.63, 3.8) is 0 Å². The zero-order chi connectivity index (χ0) is 45.0. The molecule has 0 saturated heterocycles. The summed E-state index contributed by atoms with van der Waals surface area (Å²) in [5.74, 6) is 0.688. The first-order chi connectivity index (χ1) is 33.7. The molecular formula is C65H42N2S. The van der Waals surface area contributed by atoms with Crippen LogP contribution in [0.4, 0.5) is 0 Å². The van der Waals surface area contributed by atoms with Crippen LogP contribution in [0.25, 0.3) is 98.6 Å². The number of fused-ring (bicyclic) bond motifs is 6. The highest BCUT2D eigenvalue weighted by atomic mass is 32.1. The van der Waals surface area contributed by atoms with Crippen molar-refractivity contribution in [1.29, 1.82) is 0 Å². The van der Waals surface area contributed by atoms with Gasteiger partial charge in [-0.1, -0.05) is 212 Å². The van der Waals surface area contributed by atoms with Crippen LogP contribution in [0.3, 0.4) is 0 Å². The fraction of sp³-hybridized carbons (Fsp3) is 0.0154. The highest BCUT2D eigenvalue weighted by Gasteiger charge is 2.46. The molecule has 0 fully saturated rings. The van der Waals surface area contributed by atoms with Crippen LogP contribution in [0.1, 0.15) is 22.3 Å². The minimum Gasteiger partial charge on any atom is -0.228 e. The fourth-order valence-electron chi connectivity index (χ4n) is 10.6. The SMILES string of the molecule is c1ccc(-c2cc(-c3ccc4c(c3)C(c3ccccc3)(c3ccccc3)c3ccccc3-4)cc(-c3cc(-c4cccc(-c5cccc6c5sc5ccccc56)c4)nc(-c4ccccc4)n3)c2)cc1. The summed E-state index contributed by atoms with van der Waals surface area (Å²) in [5.41, 5.74) is 18.8. The summed E-state index contributed by atoms with van der Waals surface area (Å²) in [5, 5.41) is 2.59. The van der Waals surface area contributed by atoms with Crippen LogP contribution in [-0.4, -0.2) is 9.97 Å². The molecule has 0 amide bonds. The Morgan fingerprint density at radius 3 is 1.56 bits per heavy atom. The molecule has 2 nitrogen and oxygen atoms in total. The molecule has 1 aliphatic carbocycles. The Labute approximate surface area is 400 Å². The van der Waals surface area contributed by atoms with Crippen LogP contribution in [0, 0.1) is 0 Å². The van der Waals surface area contributed by atoms with Gasteiger partial charge in [0.25, 0.3) is 0 Å². The molecule has 13 rings (SSSR count). The smallest absolute Gasteiger partial charge is 0.160 e. The zero-order valence-corrected chi connectivity index (χ0v) is 37.9. The van der Waals surface area contributed by atoms with Crippen LogP contribution in [0.2, 0.25) is 0 Å². The first kappa shape index (κ1) is 39.8. The number of thiophene rings is 1. The molecule has 0 spiro atoms. The van der Waals surface area contributed by atoms with E-state index in [0.717, 1.165) is 55.9 Å². The largest absolute Gasteiger partial charge is 0.228 e. The van der Waals surface area contributed by atoms with Gasteiger partial charge in [0.1, 0.15) is 0 Å². The van der Waals surface area contributed by atoms with Gasteiger partial charge in [0.15, 0.2) is 5.82 Å². The molecule has 10 aromatic carbocycles. The lowest BCUT2D eigenvalue weighted by molar-refractivity contribution is 0.769. The maximum absolute atomic E-state index is 5.39. The number of hydrogen-bond donors (Lipinski definition) is 0. The van der Waals surface area contributed by atoms with E-state index in [0.29, 0.717) is 5.82 Å². The summed E-state index contributed by atoms with van der Waals surface area (Å²) in [7, 11) is 0. The van der Waals surface area contributed by atoms with E-state index in [1.807, 2.05) is 17.4 Å². The highest BCUT2D eigenvalue weighted by Crippen LogP contribution is 2.57. The van der Waals surface area contributed by atoms with E-state index in [2.05, 4.69) is 249 Å². The maximum Gasteiger partial charge on any atom is 0.160 e. The molecule has 68 heavy (non-hydrogen) atoms. The van der Waals surface area contributed by atoms with Crippen molar-refractivity contribution >= 4 is 31.5 Å². The molecule has 0 aliphatic heterocycles. The molecule has 0 radical (unpaired) electrons. The number of aromatic nitrogens is 2. The maximum atomic E-state index is 5.39. The Balaban J connectivity index is 1.00. The summed E-state index contributed by atoms with van der Waals surface area (Å²) in [6.07, 6.45) is 0. The van der Waals surface area contributed by atoms with E-state index >= 15 is 0 Å².